The Morgan fingerprint density at radius 1 is 0.921 bits per heavy atom. The number of aryl methyl sites for hydroxylation is 1. The van der Waals surface area contributed by atoms with Gasteiger partial charge in [-0.1, -0.05) is 80.5 Å². The number of Topliss-reactive ketones (excluding diaryl/α,β-unsaturated/α-hetero) is 1. The zero-order valence-corrected chi connectivity index (χ0v) is 50.4. The van der Waals surface area contributed by atoms with Gasteiger partial charge in [-0.3, -0.25) is 19.2 Å². The largest absolute Gasteiger partial charge is 0.456 e. The van der Waals surface area contributed by atoms with Crippen molar-refractivity contribution >= 4 is 52.5 Å². The number of esters is 1. The Hall–Kier alpha value is -2.82. The van der Waals surface area contributed by atoms with Crippen LogP contribution in [0.25, 0.3) is 0 Å². The molecular weight excluding hydrogens is 1010 g/mol. The summed E-state index contributed by atoms with van der Waals surface area (Å²) >= 11 is 11.9. The Labute approximate surface area is 468 Å². The summed E-state index contributed by atoms with van der Waals surface area (Å²) in [4.78, 5) is 66.3. The minimum absolute atomic E-state index is 0.0398. The minimum Gasteiger partial charge on any atom is -0.456 e. The van der Waals surface area contributed by atoms with Crippen LogP contribution in [0, 0.1) is 41.4 Å². The Kier molecular flexibility index (Phi) is 30.5. The van der Waals surface area contributed by atoms with Gasteiger partial charge in [0, 0.05) is 68.8 Å². The van der Waals surface area contributed by atoms with E-state index < -0.39 is 35.3 Å². The fourth-order valence-corrected chi connectivity index (χ4v) is 12.0. The van der Waals surface area contributed by atoms with Crippen LogP contribution in [0.15, 0.2) is 36.4 Å². The highest BCUT2D eigenvalue weighted by Gasteiger charge is 2.46. The highest BCUT2D eigenvalue weighted by atomic mass is 35.5. The summed E-state index contributed by atoms with van der Waals surface area (Å²) in [6, 6.07) is 8.32. The zero-order valence-electron chi connectivity index (χ0n) is 48.8. The van der Waals surface area contributed by atoms with Gasteiger partial charge in [0.2, 0.25) is 11.8 Å². The number of amides is 2. The van der Waals surface area contributed by atoms with Crippen molar-refractivity contribution in [3.05, 3.63) is 42.0 Å². The van der Waals surface area contributed by atoms with Crippen molar-refractivity contribution in [3.8, 4) is 0 Å². The molecule has 15 atom stereocenters. The smallest absolute Gasteiger partial charge is 0.303 e. The van der Waals surface area contributed by atoms with Crippen LogP contribution in [0.2, 0.25) is 0 Å². The molecule has 1 aromatic rings. The molecule has 0 radical (unpaired) electrons. The number of ether oxygens (including phenoxy) is 4. The van der Waals surface area contributed by atoms with Crippen molar-refractivity contribution in [2.45, 2.75) is 214 Å². The monoisotopic (exact) mass is 1110 g/mol. The lowest BCUT2D eigenvalue weighted by Gasteiger charge is -2.47. The van der Waals surface area contributed by atoms with Gasteiger partial charge in [0.1, 0.15) is 18.0 Å². The average Bonchev–Trinajstić information content (AvgIpc) is 3.39. The summed E-state index contributed by atoms with van der Waals surface area (Å²) in [6.45, 7) is 26.2. The van der Waals surface area contributed by atoms with Gasteiger partial charge in [-0.2, -0.15) is 0 Å². The standard InChI is InChI=1S/C60H101Cl2N3O11/c1-14-50(58(69)64-34-33-63-54(67)20-18-19-47-23-25-48(26-24-47)65(35-31-61)36-32-62)52-28-22-41(6)56(75-52)44(9)38-42(7)55(68)51(15-2)57(76-71-13)43(8)37-40(5)21-27-49(74-46(11)66)39-72-59(12,16-3)53-29-30-60(70,17-4)45(10)73-53/h21,23-27,40-45,49-53,56-57,70H,14-20,22,28-39H2,1-13H3,(H,63,67)(H,64,69)/b27-21-/t40-,41-,42-,43-,44-,45-,49+,50+,51-,52+,53+,56+,57-,59-,60+/m0/s1. The SMILES string of the molecule is CC[C@@H](C(=O)[C@@H](C)C[C@H](C)[C@@H]1O[C@@H]([C@@H](CC)C(=O)NCCNC(=O)CCCc2ccc(N(CCCl)CCCl)cc2)CC[C@@H]1C)[C@@H](OOC)[C@@H](C)C[C@@H](C)/C=C\[C@H](CO[C@@](C)(CC)[C@H]1CC[C@](O)(CC)[C@H](C)O1)OC(C)=O. The summed E-state index contributed by atoms with van der Waals surface area (Å²) < 4.78 is 25.4. The molecule has 76 heavy (non-hydrogen) atoms. The van der Waals surface area contributed by atoms with Crippen LogP contribution >= 0.6 is 23.2 Å². The van der Waals surface area contributed by atoms with Crippen LogP contribution in [0.3, 0.4) is 0 Å². The van der Waals surface area contributed by atoms with Crippen molar-refractivity contribution in [1.29, 1.82) is 0 Å². The van der Waals surface area contributed by atoms with E-state index in [9.17, 15) is 24.3 Å². The van der Waals surface area contributed by atoms with Crippen molar-refractivity contribution < 1.29 is 53.0 Å². The molecule has 14 nitrogen and oxygen atoms in total. The quantitative estimate of drug-likeness (QED) is 0.0145. The van der Waals surface area contributed by atoms with Gasteiger partial charge in [0.25, 0.3) is 0 Å². The maximum atomic E-state index is 14.4. The molecule has 2 aliphatic heterocycles. The number of hydrogen-bond acceptors (Lipinski definition) is 12. The third kappa shape index (κ3) is 21.0. The number of allylic oxidation sites excluding steroid dienone is 1. The zero-order chi connectivity index (χ0) is 56.6. The molecule has 3 rings (SSSR count). The fraction of sp³-hybridized carbons (Fsp3) is 0.800. The molecule has 2 amide bonds. The third-order valence-electron chi connectivity index (χ3n) is 16.6. The molecule has 0 unspecified atom stereocenters. The van der Waals surface area contributed by atoms with Crippen LogP contribution in [-0.2, 0) is 54.3 Å². The molecule has 0 spiro atoms. The fourth-order valence-electron chi connectivity index (χ4n) is 11.6. The van der Waals surface area contributed by atoms with Gasteiger partial charge >= 0.3 is 5.97 Å². The van der Waals surface area contributed by atoms with E-state index in [-0.39, 0.29) is 84.1 Å². The lowest BCUT2D eigenvalue weighted by molar-refractivity contribution is -0.323. The van der Waals surface area contributed by atoms with E-state index in [0.717, 1.165) is 50.0 Å². The van der Waals surface area contributed by atoms with Gasteiger partial charge in [0.15, 0.2) is 0 Å². The normalized spacial score (nSPS) is 25.0. The molecule has 2 saturated heterocycles. The third-order valence-corrected chi connectivity index (χ3v) is 17.0. The van der Waals surface area contributed by atoms with Crippen molar-refractivity contribution in [3.63, 3.8) is 0 Å². The second kappa shape index (κ2) is 34.4. The first kappa shape index (κ1) is 67.5. The number of halogens is 2. The Morgan fingerprint density at radius 3 is 2.17 bits per heavy atom. The maximum Gasteiger partial charge on any atom is 0.303 e. The van der Waals surface area contributed by atoms with E-state index >= 15 is 0 Å². The van der Waals surface area contributed by atoms with Crippen molar-refractivity contribution in [2.24, 2.45) is 41.4 Å². The number of benzene rings is 1. The summed E-state index contributed by atoms with van der Waals surface area (Å²) in [5.74, 6) is -0.0278. The number of carbonyl (C=O) groups is 4. The van der Waals surface area contributed by atoms with E-state index in [4.69, 9.17) is 51.9 Å². The van der Waals surface area contributed by atoms with Gasteiger partial charge in [-0.05, 0) is 138 Å². The molecule has 436 valence electrons. The summed E-state index contributed by atoms with van der Waals surface area (Å²) in [6.07, 6.45) is 10.6. The number of nitrogens with one attached hydrogen (secondary N) is 2. The maximum absolute atomic E-state index is 14.4. The number of anilines is 1. The topological polar surface area (TPSA) is 171 Å². The molecule has 2 fully saturated rings. The first-order chi connectivity index (χ1) is 36.1. The lowest BCUT2D eigenvalue weighted by Crippen LogP contribution is -2.55. The molecule has 2 heterocycles. The summed E-state index contributed by atoms with van der Waals surface area (Å²) in [5.41, 5.74) is 0.752. The predicted octanol–water partition coefficient (Wildman–Crippen LogP) is 11.0. The lowest BCUT2D eigenvalue weighted by atomic mass is 9.76. The first-order valence-corrected chi connectivity index (χ1v) is 30.0. The average molecular weight is 1110 g/mol. The molecule has 0 aromatic heterocycles. The molecule has 0 bridgehead atoms. The van der Waals surface area contributed by atoms with Gasteiger partial charge in [0.05, 0.1) is 55.3 Å². The number of rotatable bonds is 36. The van der Waals surface area contributed by atoms with Crippen LogP contribution < -0.4 is 15.5 Å². The number of nitrogens with zero attached hydrogens (tertiary/aromatic N) is 1. The minimum atomic E-state index is -0.852. The van der Waals surface area contributed by atoms with E-state index in [1.807, 2.05) is 53.7 Å². The van der Waals surface area contributed by atoms with Gasteiger partial charge < -0.3 is 39.6 Å². The second-order valence-corrected chi connectivity index (χ2v) is 23.2. The molecule has 16 heteroatoms. The molecular formula is C60H101Cl2N3O11. The molecule has 3 N–H and O–H groups in total. The predicted molar refractivity (Wildman–Crippen MR) is 305 cm³/mol. The molecule has 0 aliphatic carbocycles. The number of ketones is 1. The van der Waals surface area contributed by atoms with E-state index in [0.29, 0.717) is 82.6 Å². The highest BCUT2D eigenvalue weighted by Crippen LogP contribution is 2.39. The van der Waals surface area contributed by atoms with Crippen LogP contribution in [0.4, 0.5) is 5.69 Å². The number of hydrogen-bond donors (Lipinski definition) is 3. The molecule has 1 aromatic carbocycles. The summed E-state index contributed by atoms with van der Waals surface area (Å²) in [5, 5.41) is 17.0. The number of carbonyl (C=O) groups excluding carboxylic acids is 4. The van der Waals surface area contributed by atoms with Gasteiger partial charge in [-0.25, -0.2) is 9.78 Å². The van der Waals surface area contributed by atoms with Crippen molar-refractivity contribution in [2.75, 3.05) is 56.6 Å². The first-order valence-electron chi connectivity index (χ1n) is 28.9. The second-order valence-electron chi connectivity index (χ2n) is 22.5. The molecule has 0 saturated carbocycles. The molecule has 2 aliphatic rings. The van der Waals surface area contributed by atoms with E-state index in [1.54, 1.807) is 0 Å². The number of aliphatic hydroxyl groups is 1. The Bertz CT molecular complexity index is 1890. The van der Waals surface area contributed by atoms with Gasteiger partial charge in [-0.15, -0.1) is 23.2 Å². The van der Waals surface area contributed by atoms with Crippen LogP contribution in [0.5, 0.6) is 0 Å². The van der Waals surface area contributed by atoms with E-state index in [1.165, 1.54) is 14.0 Å². The van der Waals surface area contributed by atoms with Crippen LogP contribution in [-0.4, -0.2) is 128 Å². The van der Waals surface area contributed by atoms with Crippen LogP contribution in [0.1, 0.15) is 166 Å². The number of alkyl halides is 2. The highest BCUT2D eigenvalue weighted by molar-refractivity contribution is 6.18. The Balaban J connectivity index is 1.52. The van der Waals surface area contributed by atoms with E-state index in [2.05, 4.69) is 74.4 Å². The van der Waals surface area contributed by atoms with Crippen molar-refractivity contribution in [1.82, 2.24) is 10.6 Å². The summed E-state index contributed by atoms with van der Waals surface area (Å²) in [7, 11) is 1.48. The Morgan fingerprint density at radius 2 is 1.59 bits per heavy atom.